The Morgan fingerprint density at radius 3 is 2.75 bits per heavy atom. The molecule has 0 saturated heterocycles. The van der Waals surface area contributed by atoms with Crippen molar-refractivity contribution in [2.75, 3.05) is 7.11 Å². The van der Waals surface area contributed by atoms with E-state index in [1.807, 2.05) is 0 Å². The van der Waals surface area contributed by atoms with Crippen molar-refractivity contribution < 1.29 is 14.2 Å². The summed E-state index contributed by atoms with van der Waals surface area (Å²) in [5.74, 6) is -0.978. The van der Waals surface area contributed by atoms with Crippen LogP contribution in [0.2, 0.25) is 0 Å². The molecule has 1 aromatic rings. The van der Waals surface area contributed by atoms with Crippen molar-refractivity contribution in [3.05, 3.63) is 23.5 Å². The molecule has 4 heteroatoms. The third kappa shape index (κ3) is 1.30. The van der Waals surface area contributed by atoms with Gasteiger partial charge in [0.1, 0.15) is 17.4 Å². The van der Waals surface area contributed by atoms with E-state index in [4.69, 9.17) is 5.26 Å². The van der Waals surface area contributed by atoms with Gasteiger partial charge in [0.05, 0.1) is 7.11 Å². The van der Waals surface area contributed by atoms with Gasteiger partial charge >= 0.3 is 0 Å². The average molecular weight is 167 g/mol. The largest absolute Gasteiger partial charge is 0.503 e. The number of aromatic hydroxyl groups is 1. The lowest BCUT2D eigenvalue weighted by molar-refractivity contribution is 0.369. The van der Waals surface area contributed by atoms with Crippen molar-refractivity contribution in [2.24, 2.45) is 0 Å². The molecule has 0 spiro atoms. The maximum absolute atomic E-state index is 12.6. The summed E-state index contributed by atoms with van der Waals surface area (Å²) in [6, 6.07) is 3.59. The van der Waals surface area contributed by atoms with Gasteiger partial charge in [-0.2, -0.15) is 5.26 Å². The number of phenols is 1. The normalized spacial score (nSPS) is 9.08. The van der Waals surface area contributed by atoms with Crippen LogP contribution in [0.5, 0.6) is 11.5 Å². The Bertz CT molecular complexity index is 344. The third-order valence-electron chi connectivity index (χ3n) is 1.38. The van der Waals surface area contributed by atoms with Crippen molar-refractivity contribution in [1.29, 1.82) is 5.26 Å². The van der Waals surface area contributed by atoms with Crippen LogP contribution in [-0.2, 0) is 0 Å². The van der Waals surface area contributed by atoms with Crippen molar-refractivity contribution in [1.82, 2.24) is 0 Å². The third-order valence-corrected chi connectivity index (χ3v) is 1.38. The number of methoxy groups -OCH3 is 1. The molecule has 1 rings (SSSR count). The van der Waals surface area contributed by atoms with Gasteiger partial charge in [-0.25, -0.2) is 4.39 Å². The van der Waals surface area contributed by atoms with E-state index in [1.54, 1.807) is 6.07 Å². The predicted octanol–water partition coefficient (Wildman–Crippen LogP) is 1.41. The fourth-order valence-corrected chi connectivity index (χ4v) is 0.815. The van der Waals surface area contributed by atoms with Gasteiger partial charge in [-0.05, 0) is 6.07 Å². The van der Waals surface area contributed by atoms with Gasteiger partial charge in [0, 0.05) is 6.07 Å². The van der Waals surface area contributed by atoms with Gasteiger partial charge < -0.3 is 9.84 Å². The summed E-state index contributed by atoms with van der Waals surface area (Å²) in [6.45, 7) is 0. The van der Waals surface area contributed by atoms with E-state index in [-0.39, 0.29) is 17.1 Å². The number of hydrogen-bond donors (Lipinski definition) is 1. The summed E-state index contributed by atoms with van der Waals surface area (Å²) >= 11 is 0. The predicted molar refractivity (Wildman–Crippen MR) is 39.3 cm³/mol. The highest BCUT2D eigenvalue weighted by atomic mass is 19.1. The minimum atomic E-state index is -0.610. The number of hydrogen-bond acceptors (Lipinski definition) is 3. The summed E-state index contributed by atoms with van der Waals surface area (Å²) in [5.41, 5.74) is -0.133. The molecule has 62 valence electrons. The second-order valence-corrected chi connectivity index (χ2v) is 2.12. The average Bonchev–Trinajstić information content (AvgIpc) is 2.08. The Hall–Kier alpha value is -1.76. The summed E-state index contributed by atoms with van der Waals surface area (Å²) in [4.78, 5) is 0. The van der Waals surface area contributed by atoms with Crippen LogP contribution >= 0.6 is 0 Å². The molecule has 0 atom stereocenters. The van der Waals surface area contributed by atoms with Gasteiger partial charge in [0.15, 0.2) is 11.5 Å². The number of ether oxygens (including phenoxy) is 1. The van der Waals surface area contributed by atoms with Crippen LogP contribution in [0.1, 0.15) is 5.56 Å². The van der Waals surface area contributed by atoms with E-state index < -0.39 is 5.82 Å². The molecular weight excluding hydrogens is 161 g/mol. The van der Waals surface area contributed by atoms with E-state index >= 15 is 0 Å². The van der Waals surface area contributed by atoms with Crippen LogP contribution in [0.25, 0.3) is 0 Å². The van der Waals surface area contributed by atoms with Crippen molar-refractivity contribution in [3.63, 3.8) is 0 Å². The molecule has 0 aliphatic heterocycles. The highest BCUT2D eigenvalue weighted by Gasteiger charge is 2.09. The Balaban J connectivity index is 3.34. The van der Waals surface area contributed by atoms with Crippen LogP contribution in [-0.4, -0.2) is 12.2 Å². The first-order valence-corrected chi connectivity index (χ1v) is 3.15. The Labute approximate surface area is 68.6 Å². The summed E-state index contributed by atoms with van der Waals surface area (Å²) < 4.78 is 17.3. The fourth-order valence-electron chi connectivity index (χ4n) is 0.815. The molecule has 0 aromatic heterocycles. The zero-order valence-electron chi connectivity index (χ0n) is 6.34. The molecule has 0 bridgehead atoms. The van der Waals surface area contributed by atoms with Crippen LogP contribution in [0.15, 0.2) is 12.1 Å². The van der Waals surface area contributed by atoms with Crippen LogP contribution in [0, 0.1) is 17.1 Å². The highest BCUT2D eigenvalue weighted by Crippen LogP contribution is 2.29. The zero-order chi connectivity index (χ0) is 9.14. The molecule has 0 fully saturated rings. The maximum atomic E-state index is 12.6. The number of benzene rings is 1. The summed E-state index contributed by atoms with van der Waals surface area (Å²) in [5, 5.41) is 17.6. The van der Waals surface area contributed by atoms with Crippen molar-refractivity contribution in [3.8, 4) is 17.6 Å². The second-order valence-electron chi connectivity index (χ2n) is 2.12. The van der Waals surface area contributed by atoms with Gasteiger partial charge in [-0.3, -0.25) is 0 Å². The van der Waals surface area contributed by atoms with Crippen LogP contribution in [0.3, 0.4) is 0 Å². The number of phenolic OH excluding ortho intramolecular Hbond substituents is 1. The van der Waals surface area contributed by atoms with E-state index in [1.165, 1.54) is 7.11 Å². The maximum Gasteiger partial charge on any atom is 0.176 e. The molecule has 1 N–H and O–H groups in total. The van der Waals surface area contributed by atoms with E-state index in [2.05, 4.69) is 4.74 Å². The second kappa shape index (κ2) is 3.09. The van der Waals surface area contributed by atoms with Crippen LogP contribution in [0.4, 0.5) is 4.39 Å². The SMILES string of the molecule is COc1cc(F)cc(C#N)c1O. The number of nitrogens with zero attached hydrogens (tertiary/aromatic N) is 1. The van der Waals surface area contributed by atoms with Gasteiger partial charge in [0.25, 0.3) is 0 Å². The standard InChI is InChI=1S/C8H6FNO2/c1-12-7-3-6(9)2-5(4-10)8(7)11/h2-3,11H,1H3. The molecule has 0 unspecified atom stereocenters. The lowest BCUT2D eigenvalue weighted by Gasteiger charge is -2.03. The number of nitriles is 1. The topological polar surface area (TPSA) is 53.2 Å². The Kier molecular flexibility index (Phi) is 2.15. The monoisotopic (exact) mass is 167 g/mol. The van der Waals surface area contributed by atoms with Crippen molar-refractivity contribution in [2.45, 2.75) is 0 Å². The van der Waals surface area contributed by atoms with Crippen LogP contribution < -0.4 is 4.74 Å². The van der Waals surface area contributed by atoms with Gasteiger partial charge in [0.2, 0.25) is 0 Å². The summed E-state index contributed by atoms with van der Waals surface area (Å²) in [6.07, 6.45) is 0. The smallest absolute Gasteiger partial charge is 0.176 e. The van der Waals surface area contributed by atoms with Gasteiger partial charge in [-0.1, -0.05) is 0 Å². The minimum Gasteiger partial charge on any atom is -0.503 e. The minimum absolute atomic E-state index is 0.0356. The number of halogens is 1. The first kappa shape index (κ1) is 8.34. The summed E-state index contributed by atoms with van der Waals surface area (Å²) in [7, 11) is 1.29. The first-order chi connectivity index (χ1) is 5.69. The molecule has 12 heavy (non-hydrogen) atoms. The number of rotatable bonds is 1. The molecule has 0 aliphatic carbocycles. The molecular formula is C8H6FNO2. The zero-order valence-corrected chi connectivity index (χ0v) is 6.34. The molecule has 0 saturated carbocycles. The molecule has 0 radical (unpaired) electrons. The highest BCUT2D eigenvalue weighted by molar-refractivity contribution is 5.51. The Morgan fingerprint density at radius 1 is 1.58 bits per heavy atom. The molecule has 3 nitrogen and oxygen atoms in total. The van der Waals surface area contributed by atoms with E-state index in [0.29, 0.717) is 0 Å². The fraction of sp³-hybridized carbons (Fsp3) is 0.125. The van der Waals surface area contributed by atoms with Gasteiger partial charge in [-0.15, -0.1) is 0 Å². The lowest BCUT2D eigenvalue weighted by atomic mass is 10.2. The van der Waals surface area contributed by atoms with E-state index in [0.717, 1.165) is 12.1 Å². The molecule has 0 aliphatic rings. The Morgan fingerprint density at radius 2 is 2.25 bits per heavy atom. The molecule has 0 heterocycles. The lowest BCUT2D eigenvalue weighted by Crippen LogP contribution is -1.88. The van der Waals surface area contributed by atoms with E-state index in [9.17, 15) is 9.50 Å². The molecule has 0 amide bonds. The molecule has 1 aromatic carbocycles. The quantitative estimate of drug-likeness (QED) is 0.688. The van der Waals surface area contributed by atoms with Crippen molar-refractivity contribution >= 4 is 0 Å². The first-order valence-electron chi connectivity index (χ1n) is 3.15.